The van der Waals surface area contributed by atoms with Gasteiger partial charge in [-0.2, -0.15) is 0 Å². The molecule has 114 valence electrons. The zero-order valence-corrected chi connectivity index (χ0v) is 14.2. The van der Waals surface area contributed by atoms with Crippen molar-refractivity contribution in [3.63, 3.8) is 0 Å². The molecule has 0 atom stereocenters. The molecule has 8 heteroatoms. The number of rotatable bonds is 5. The molecule has 0 aliphatic carbocycles. The lowest BCUT2D eigenvalue weighted by molar-refractivity contribution is -0.00000555. The fourth-order valence-electron chi connectivity index (χ4n) is 1.44. The topological polar surface area (TPSA) is 56.1 Å². The molecule has 0 aliphatic rings. The van der Waals surface area contributed by atoms with Crippen molar-refractivity contribution >= 4 is 40.0 Å². The van der Waals surface area contributed by atoms with Crippen LogP contribution < -0.4 is 12.4 Å². The predicted octanol–water partition coefficient (Wildman–Crippen LogP) is 0.524. The molecule has 0 amide bonds. The summed E-state index contributed by atoms with van der Waals surface area (Å²) in [5.41, 5.74) is 0.342. The van der Waals surface area contributed by atoms with Gasteiger partial charge in [0, 0.05) is 10.8 Å². The van der Waals surface area contributed by atoms with E-state index in [2.05, 4.69) is 10.1 Å². The number of phenolic OH excluding ortho intramolecular Hbond substituents is 1. The lowest BCUT2D eigenvalue weighted by Crippen LogP contribution is -3.00. The molecule has 4 nitrogen and oxygen atoms in total. The highest BCUT2D eigenvalue weighted by molar-refractivity contribution is 8.14. The highest BCUT2D eigenvalue weighted by Crippen LogP contribution is 2.33. The van der Waals surface area contributed by atoms with Crippen molar-refractivity contribution in [2.24, 2.45) is 5.16 Å². The summed E-state index contributed by atoms with van der Waals surface area (Å²) in [7, 11) is 3.99. The van der Waals surface area contributed by atoms with E-state index in [4.69, 9.17) is 28.4 Å². The van der Waals surface area contributed by atoms with Gasteiger partial charge in [-0.05, 0) is 39.2 Å². The standard InChI is InChI=1S/C12H16Cl2N2O2S.ClH/c1-16(2)4-3-5-19-12(15-18)9-6-8(13)7-10(14)11(9)17;/h6-7,17-18H,3-5H2,1-2H3;1H/p-1/b15-12+;. The molecule has 0 bridgehead atoms. The van der Waals surface area contributed by atoms with E-state index in [0.717, 1.165) is 18.7 Å². The van der Waals surface area contributed by atoms with Gasteiger partial charge in [-0.15, -0.1) is 11.8 Å². The third-order valence-electron chi connectivity index (χ3n) is 2.34. The predicted molar refractivity (Wildman–Crippen MR) is 82.1 cm³/mol. The van der Waals surface area contributed by atoms with Crippen LogP contribution in [-0.2, 0) is 0 Å². The number of oxime groups is 1. The molecule has 2 N–H and O–H groups in total. The van der Waals surface area contributed by atoms with Gasteiger partial charge in [-0.1, -0.05) is 28.4 Å². The fraction of sp³-hybridized carbons (Fsp3) is 0.417. The number of halogens is 3. The van der Waals surface area contributed by atoms with Gasteiger partial charge in [-0.25, -0.2) is 0 Å². The molecule has 0 radical (unpaired) electrons. The zero-order valence-electron chi connectivity index (χ0n) is 11.1. The molecule has 1 rings (SSSR count). The molecule has 0 spiro atoms. The van der Waals surface area contributed by atoms with Crippen LogP contribution >= 0.6 is 35.0 Å². The van der Waals surface area contributed by atoms with Crippen LogP contribution in [0, 0.1) is 0 Å². The average molecular weight is 359 g/mol. The molecule has 0 heterocycles. The van der Waals surface area contributed by atoms with Crippen LogP contribution in [0.2, 0.25) is 10.0 Å². The zero-order chi connectivity index (χ0) is 14.4. The van der Waals surface area contributed by atoms with Gasteiger partial charge < -0.3 is 27.6 Å². The number of phenols is 1. The first-order chi connectivity index (χ1) is 8.95. The van der Waals surface area contributed by atoms with Crippen LogP contribution in [-0.4, -0.2) is 46.7 Å². The number of hydrogen-bond acceptors (Lipinski definition) is 5. The van der Waals surface area contributed by atoms with E-state index in [1.807, 2.05) is 14.1 Å². The Hall–Kier alpha value is -0.330. The minimum atomic E-state index is -0.126. The molecule has 0 unspecified atom stereocenters. The van der Waals surface area contributed by atoms with E-state index >= 15 is 0 Å². The van der Waals surface area contributed by atoms with Crippen molar-refractivity contribution in [1.29, 1.82) is 0 Å². The minimum Gasteiger partial charge on any atom is -1.00 e. The van der Waals surface area contributed by atoms with E-state index in [-0.39, 0.29) is 23.2 Å². The second-order valence-electron chi connectivity index (χ2n) is 4.19. The Labute approximate surface area is 139 Å². The van der Waals surface area contributed by atoms with Gasteiger partial charge in [0.25, 0.3) is 0 Å². The van der Waals surface area contributed by atoms with Gasteiger partial charge >= 0.3 is 0 Å². The summed E-state index contributed by atoms with van der Waals surface area (Å²) in [6.45, 7) is 0.938. The SMILES string of the molecule is CN(C)CCCS/C(=N/O)c1cc(Cl)cc(Cl)c1O.[Cl-]. The van der Waals surface area contributed by atoms with Crippen LogP contribution in [0.4, 0.5) is 0 Å². The number of aromatic hydroxyl groups is 1. The Balaban J connectivity index is 0.00000361. The normalized spacial score (nSPS) is 11.6. The molecule has 0 fully saturated rings. The van der Waals surface area contributed by atoms with Gasteiger partial charge in [0.1, 0.15) is 10.8 Å². The van der Waals surface area contributed by atoms with Gasteiger partial charge in [0.2, 0.25) is 0 Å². The Bertz CT molecular complexity index is 470. The minimum absolute atomic E-state index is 0. The number of thioether (sulfide) groups is 1. The third kappa shape index (κ3) is 5.97. The van der Waals surface area contributed by atoms with Crippen LogP contribution in [0.3, 0.4) is 0 Å². The fourth-order valence-corrected chi connectivity index (χ4v) is 2.77. The van der Waals surface area contributed by atoms with E-state index in [1.54, 1.807) is 0 Å². The summed E-state index contributed by atoms with van der Waals surface area (Å²) in [5, 5.41) is 22.9. The largest absolute Gasteiger partial charge is 1.00 e. The van der Waals surface area contributed by atoms with Gasteiger partial charge in [0.15, 0.2) is 0 Å². The molecule has 0 aliphatic heterocycles. The smallest absolute Gasteiger partial charge is 0.146 e. The lowest BCUT2D eigenvalue weighted by Gasteiger charge is -2.10. The average Bonchev–Trinajstić information content (AvgIpc) is 2.34. The Kier molecular flexibility index (Phi) is 9.42. The van der Waals surface area contributed by atoms with Crippen LogP contribution in [0.15, 0.2) is 17.3 Å². The Morgan fingerprint density at radius 3 is 2.55 bits per heavy atom. The molecular weight excluding hydrogens is 343 g/mol. The number of benzene rings is 1. The van der Waals surface area contributed by atoms with E-state index < -0.39 is 0 Å². The van der Waals surface area contributed by atoms with Crippen molar-refractivity contribution in [2.45, 2.75) is 6.42 Å². The van der Waals surface area contributed by atoms with Crippen molar-refractivity contribution in [3.8, 4) is 5.75 Å². The summed E-state index contributed by atoms with van der Waals surface area (Å²) in [6.07, 6.45) is 0.936. The van der Waals surface area contributed by atoms with Crippen LogP contribution in [0.5, 0.6) is 5.75 Å². The third-order valence-corrected chi connectivity index (χ3v) is 3.91. The molecule has 20 heavy (non-hydrogen) atoms. The van der Waals surface area contributed by atoms with E-state index in [9.17, 15) is 5.11 Å². The Morgan fingerprint density at radius 2 is 2.00 bits per heavy atom. The summed E-state index contributed by atoms with van der Waals surface area (Å²) in [5.74, 6) is 0.639. The maximum Gasteiger partial charge on any atom is 0.146 e. The second kappa shape index (κ2) is 9.58. The quantitative estimate of drug-likeness (QED) is 0.265. The highest BCUT2D eigenvalue weighted by Gasteiger charge is 2.14. The Morgan fingerprint density at radius 1 is 1.35 bits per heavy atom. The first-order valence-electron chi connectivity index (χ1n) is 5.63. The van der Waals surface area contributed by atoms with Crippen molar-refractivity contribution in [1.82, 2.24) is 4.90 Å². The van der Waals surface area contributed by atoms with Crippen LogP contribution in [0.25, 0.3) is 0 Å². The summed E-state index contributed by atoms with van der Waals surface area (Å²) >= 11 is 13.1. The summed E-state index contributed by atoms with van der Waals surface area (Å²) in [6, 6.07) is 2.96. The molecule has 1 aromatic carbocycles. The summed E-state index contributed by atoms with van der Waals surface area (Å²) < 4.78 is 0. The van der Waals surface area contributed by atoms with E-state index in [0.29, 0.717) is 15.6 Å². The van der Waals surface area contributed by atoms with E-state index in [1.165, 1.54) is 23.9 Å². The molecule has 0 aromatic heterocycles. The maximum absolute atomic E-state index is 9.86. The van der Waals surface area contributed by atoms with Gasteiger partial charge in [-0.3, -0.25) is 0 Å². The molecule has 1 aromatic rings. The number of hydrogen-bond donors (Lipinski definition) is 2. The van der Waals surface area contributed by atoms with Crippen molar-refractivity contribution in [3.05, 3.63) is 27.7 Å². The second-order valence-corrected chi connectivity index (χ2v) is 6.12. The summed E-state index contributed by atoms with van der Waals surface area (Å²) in [4.78, 5) is 2.07. The molecule has 0 saturated heterocycles. The first kappa shape index (κ1) is 19.7. The van der Waals surface area contributed by atoms with Crippen molar-refractivity contribution in [2.75, 3.05) is 26.4 Å². The van der Waals surface area contributed by atoms with Crippen molar-refractivity contribution < 1.29 is 22.7 Å². The molecular formula is C12H16Cl3N2O2S-. The van der Waals surface area contributed by atoms with Crippen LogP contribution in [0.1, 0.15) is 12.0 Å². The number of nitrogens with zero attached hydrogens (tertiary/aromatic N) is 2. The first-order valence-corrected chi connectivity index (χ1v) is 7.37. The lowest BCUT2D eigenvalue weighted by atomic mass is 10.2. The highest BCUT2D eigenvalue weighted by atomic mass is 35.5. The monoisotopic (exact) mass is 357 g/mol. The molecule has 0 saturated carbocycles. The van der Waals surface area contributed by atoms with Gasteiger partial charge in [0.05, 0.1) is 10.6 Å². The maximum atomic E-state index is 9.86.